The molecule has 0 bridgehead atoms. The number of hydrogen-bond acceptors (Lipinski definition) is 7. The number of thioether (sulfide) groups is 1. The van der Waals surface area contributed by atoms with Crippen molar-refractivity contribution < 1.29 is 23.8 Å². The van der Waals surface area contributed by atoms with Gasteiger partial charge < -0.3 is 14.2 Å². The van der Waals surface area contributed by atoms with Crippen LogP contribution in [0.4, 0.5) is 0 Å². The molecule has 1 unspecified atom stereocenters. The van der Waals surface area contributed by atoms with Crippen molar-refractivity contribution in [1.29, 1.82) is 0 Å². The quantitative estimate of drug-likeness (QED) is 0.218. The van der Waals surface area contributed by atoms with Crippen LogP contribution in [0.1, 0.15) is 27.2 Å². The van der Waals surface area contributed by atoms with Gasteiger partial charge in [0.05, 0.1) is 7.11 Å². The number of esters is 1. The lowest BCUT2D eigenvalue weighted by Crippen LogP contribution is -2.42. The van der Waals surface area contributed by atoms with Gasteiger partial charge in [-0.3, -0.25) is 9.69 Å². The molecule has 26 heavy (non-hydrogen) atoms. The minimum Gasteiger partial charge on any atom is -0.490 e. The van der Waals surface area contributed by atoms with Gasteiger partial charge in [0, 0.05) is 16.7 Å². The van der Waals surface area contributed by atoms with Crippen molar-refractivity contribution in [2.45, 2.75) is 37.3 Å². The molecule has 1 atom stereocenters. The van der Waals surface area contributed by atoms with E-state index in [1.165, 1.54) is 4.90 Å². The zero-order valence-corrected chi connectivity index (χ0v) is 17.2. The van der Waals surface area contributed by atoms with Gasteiger partial charge in [-0.2, -0.15) is 0 Å². The van der Waals surface area contributed by atoms with Crippen molar-refractivity contribution in [3.05, 3.63) is 24.3 Å². The number of carbonyl (C=O) groups is 2. The fourth-order valence-electron chi connectivity index (χ4n) is 1.85. The summed E-state index contributed by atoms with van der Waals surface area (Å²) >= 11 is 6.86. The lowest BCUT2D eigenvalue weighted by Gasteiger charge is -2.20. The summed E-state index contributed by atoms with van der Waals surface area (Å²) in [5, 5.41) is 0.497. The molecule has 6 nitrogen and oxygen atoms in total. The molecule has 144 valence electrons. The molecule has 0 heterocycles. The van der Waals surface area contributed by atoms with Crippen LogP contribution >= 0.6 is 24.0 Å². The fraction of sp³-hybridized carbons (Fsp3) is 0.500. The first-order valence-corrected chi connectivity index (χ1v) is 9.67. The number of amides is 1. The summed E-state index contributed by atoms with van der Waals surface area (Å²) in [5.74, 6) is -1.11. The third kappa shape index (κ3) is 7.21. The van der Waals surface area contributed by atoms with Crippen LogP contribution in [0.15, 0.2) is 29.2 Å². The lowest BCUT2D eigenvalue weighted by molar-refractivity contribution is -0.156. The van der Waals surface area contributed by atoms with Gasteiger partial charge in [0.15, 0.2) is 0 Å². The van der Waals surface area contributed by atoms with Crippen LogP contribution in [0.3, 0.4) is 0 Å². The summed E-state index contributed by atoms with van der Waals surface area (Å²) in [6, 6.07) is 7.85. The van der Waals surface area contributed by atoms with Gasteiger partial charge in [-0.05, 0) is 49.8 Å². The van der Waals surface area contributed by atoms with Crippen LogP contribution in [-0.2, 0) is 19.1 Å². The summed E-state index contributed by atoms with van der Waals surface area (Å²) in [5.41, 5.74) is 0. The Morgan fingerprint density at radius 1 is 1.19 bits per heavy atom. The standard InChI is InChI=1S/C18H25NO5S2/c1-5-13(3)26-15-9-7-14(8-10-15)23-11-12-24-18(25)19(6-2)16(20)17(21)22-4/h7-10,13H,5-6,11-12H2,1-4H3. The van der Waals surface area contributed by atoms with E-state index in [2.05, 4.69) is 18.6 Å². The van der Waals surface area contributed by atoms with E-state index in [-0.39, 0.29) is 24.9 Å². The molecule has 0 saturated carbocycles. The number of methoxy groups -OCH3 is 1. The monoisotopic (exact) mass is 399 g/mol. The van der Waals surface area contributed by atoms with Crippen LogP contribution in [0, 0.1) is 0 Å². The predicted octanol–water partition coefficient (Wildman–Crippen LogP) is 3.28. The Morgan fingerprint density at radius 2 is 1.85 bits per heavy atom. The second-order valence-electron chi connectivity index (χ2n) is 5.31. The number of ether oxygens (including phenoxy) is 3. The summed E-state index contributed by atoms with van der Waals surface area (Å²) in [7, 11) is 1.14. The van der Waals surface area contributed by atoms with Crippen LogP contribution in [0.5, 0.6) is 5.75 Å². The largest absolute Gasteiger partial charge is 0.490 e. The maximum absolute atomic E-state index is 11.8. The Labute approximate surface area is 164 Å². The average Bonchev–Trinajstić information content (AvgIpc) is 2.66. The van der Waals surface area contributed by atoms with Crippen LogP contribution in [-0.4, -0.2) is 54.1 Å². The Morgan fingerprint density at radius 3 is 2.38 bits per heavy atom. The summed E-state index contributed by atoms with van der Waals surface area (Å²) in [6.07, 6.45) is 1.12. The van der Waals surface area contributed by atoms with Gasteiger partial charge in [0.1, 0.15) is 19.0 Å². The molecular formula is C18H25NO5S2. The average molecular weight is 400 g/mol. The van der Waals surface area contributed by atoms with Gasteiger partial charge in [-0.25, -0.2) is 4.79 Å². The normalized spacial score (nSPS) is 11.4. The minimum atomic E-state index is -0.982. The van der Waals surface area contributed by atoms with E-state index < -0.39 is 11.9 Å². The molecule has 1 rings (SSSR count). The van der Waals surface area contributed by atoms with Gasteiger partial charge >= 0.3 is 11.9 Å². The highest BCUT2D eigenvalue weighted by Gasteiger charge is 2.25. The van der Waals surface area contributed by atoms with E-state index >= 15 is 0 Å². The number of hydrogen-bond donors (Lipinski definition) is 0. The Kier molecular flexibility index (Phi) is 10.0. The molecule has 1 aromatic rings. The molecule has 0 aromatic heterocycles. The molecule has 0 N–H and O–H groups in total. The molecular weight excluding hydrogens is 374 g/mol. The number of rotatable bonds is 8. The van der Waals surface area contributed by atoms with Crippen molar-refractivity contribution >= 4 is 41.0 Å². The van der Waals surface area contributed by atoms with Gasteiger partial charge in [0.25, 0.3) is 5.17 Å². The third-order valence-corrected chi connectivity index (χ3v) is 5.07. The number of benzene rings is 1. The van der Waals surface area contributed by atoms with Crippen molar-refractivity contribution in [3.8, 4) is 5.75 Å². The second kappa shape index (κ2) is 11.7. The molecule has 0 aliphatic carbocycles. The lowest BCUT2D eigenvalue weighted by atomic mass is 10.3. The Bertz CT molecular complexity index is 606. The van der Waals surface area contributed by atoms with Gasteiger partial charge in [-0.15, -0.1) is 11.8 Å². The fourth-order valence-corrected chi connectivity index (χ4v) is 3.07. The molecule has 0 radical (unpaired) electrons. The maximum Gasteiger partial charge on any atom is 0.397 e. The van der Waals surface area contributed by atoms with Gasteiger partial charge in [0.2, 0.25) is 0 Å². The number of nitrogens with zero attached hydrogens (tertiary/aromatic N) is 1. The van der Waals surface area contributed by atoms with E-state index in [9.17, 15) is 9.59 Å². The number of likely N-dealkylation sites (N-methyl/N-ethyl adjacent to an activating group) is 1. The minimum absolute atomic E-state index is 0.0770. The zero-order valence-electron chi connectivity index (χ0n) is 15.5. The molecule has 1 amide bonds. The number of carbonyl (C=O) groups excluding carboxylic acids is 2. The van der Waals surface area contributed by atoms with Crippen molar-refractivity contribution in [2.24, 2.45) is 0 Å². The van der Waals surface area contributed by atoms with Crippen molar-refractivity contribution in [3.63, 3.8) is 0 Å². The first-order chi connectivity index (χ1) is 12.4. The molecule has 0 aliphatic heterocycles. The van der Waals surface area contributed by atoms with Crippen molar-refractivity contribution in [1.82, 2.24) is 4.90 Å². The van der Waals surface area contributed by atoms with E-state index in [0.717, 1.165) is 24.2 Å². The van der Waals surface area contributed by atoms with Gasteiger partial charge in [-0.1, -0.05) is 13.8 Å². The Hall–Kier alpha value is -1.80. The maximum atomic E-state index is 11.8. The second-order valence-corrected chi connectivity index (χ2v) is 7.17. The summed E-state index contributed by atoms with van der Waals surface area (Å²) < 4.78 is 15.3. The first kappa shape index (κ1) is 22.2. The topological polar surface area (TPSA) is 65.1 Å². The molecule has 0 aliphatic rings. The highest BCUT2D eigenvalue weighted by atomic mass is 32.2. The van der Waals surface area contributed by atoms with Crippen LogP contribution < -0.4 is 4.74 Å². The number of thiocarbonyl (C=S) groups is 1. The van der Waals surface area contributed by atoms with Crippen LogP contribution in [0.25, 0.3) is 0 Å². The molecule has 0 spiro atoms. The first-order valence-electron chi connectivity index (χ1n) is 8.38. The van der Waals surface area contributed by atoms with Crippen molar-refractivity contribution in [2.75, 3.05) is 26.9 Å². The smallest absolute Gasteiger partial charge is 0.397 e. The van der Waals surface area contributed by atoms with Crippen LogP contribution in [0.2, 0.25) is 0 Å². The summed E-state index contributed by atoms with van der Waals surface area (Å²) in [6.45, 7) is 6.68. The molecule has 0 saturated heterocycles. The molecule has 8 heteroatoms. The Balaban J connectivity index is 2.40. The highest BCUT2D eigenvalue weighted by molar-refractivity contribution is 7.99. The van der Waals surface area contributed by atoms with E-state index in [0.29, 0.717) is 5.25 Å². The predicted molar refractivity (Wildman–Crippen MR) is 106 cm³/mol. The zero-order chi connectivity index (χ0) is 19.5. The third-order valence-electron chi connectivity index (χ3n) is 3.46. The molecule has 1 aromatic carbocycles. The van der Waals surface area contributed by atoms with E-state index in [1.807, 2.05) is 36.0 Å². The SMILES string of the molecule is CCC(C)Sc1ccc(OCCOC(=S)N(CC)C(=O)C(=O)OC)cc1. The summed E-state index contributed by atoms with van der Waals surface area (Å²) in [4.78, 5) is 25.3. The van der Waals surface area contributed by atoms with E-state index in [4.69, 9.17) is 21.7 Å². The highest BCUT2D eigenvalue weighted by Crippen LogP contribution is 2.26. The van der Waals surface area contributed by atoms with E-state index in [1.54, 1.807) is 6.92 Å². The molecule has 0 fully saturated rings.